The van der Waals surface area contributed by atoms with Gasteiger partial charge in [-0.05, 0) is 37.6 Å². The van der Waals surface area contributed by atoms with Gasteiger partial charge >= 0.3 is 0 Å². The molecule has 0 atom stereocenters. The summed E-state index contributed by atoms with van der Waals surface area (Å²) in [5, 5.41) is 2.83. The normalized spacial score (nSPS) is 10.2. The van der Waals surface area contributed by atoms with Crippen LogP contribution >= 0.6 is 11.3 Å². The lowest BCUT2D eigenvalue weighted by atomic mass is 10.2. The molecule has 2 rings (SSSR count). The van der Waals surface area contributed by atoms with Gasteiger partial charge in [0.25, 0.3) is 5.91 Å². The number of anilines is 2. The SMILES string of the molecule is Cc1cc(NC(=O)c2scnc2C)ccc1N. The van der Waals surface area contributed by atoms with E-state index < -0.39 is 0 Å². The van der Waals surface area contributed by atoms with Crippen molar-refractivity contribution in [2.24, 2.45) is 0 Å². The number of nitrogen functional groups attached to an aromatic ring is 1. The maximum Gasteiger partial charge on any atom is 0.267 e. The second-order valence-electron chi connectivity index (χ2n) is 3.79. The van der Waals surface area contributed by atoms with Gasteiger partial charge in [0, 0.05) is 11.4 Å². The number of nitrogens with one attached hydrogen (secondary N) is 1. The molecule has 88 valence electrons. The fourth-order valence-corrected chi connectivity index (χ4v) is 2.16. The molecular formula is C12H13N3OS. The summed E-state index contributed by atoms with van der Waals surface area (Å²) >= 11 is 1.34. The van der Waals surface area contributed by atoms with E-state index in [4.69, 9.17) is 5.73 Å². The van der Waals surface area contributed by atoms with Crippen LogP contribution < -0.4 is 11.1 Å². The Balaban J connectivity index is 2.19. The van der Waals surface area contributed by atoms with E-state index >= 15 is 0 Å². The van der Waals surface area contributed by atoms with E-state index in [9.17, 15) is 4.79 Å². The van der Waals surface area contributed by atoms with Crippen molar-refractivity contribution in [2.75, 3.05) is 11.1 Å². The van der Waals surface area contributed by atoms with Gasteiger partial charge in [-0.2, -0.15) is 0 Å². The Morgan fingerprint density at radius 1 is 1.41 bits per heavy atom. The highest BCUT2D eigenvalue weighted by Gasteiger charge is 2.11. The van der Waals surface area contributed by atoms with Gasteiger partial charge < -0.3 is 11.1 Å². The first-order valence-electron chi connectivity index (χ1n) is 5.15. The summed E-state index contributed by atoms with van der Waals surface area (Å²) in [5.74, 6) is -0.130. The topological polar surface area (TPSA) is 68.0 Å². The zero-order valence-electron chi connectivity index (χ0n) is 9.65. The lowest BCUT2D eigenvalue weighted by Crippen LogP contribution is -2.11. The Morgan fingerprint density at radius 3 is 2.76 bits per heavy atom. The van der Waals surface area contributed by atoms with Crippen molar-refractivity contribution >= 4 is 28.6 Å². The molecule has 4 nitrogen and oxygen atoms in total. The molecule has 1 amide bonds. The number of rotatable bonds is 2. The number of amides is 1. The molecule has 3 N–H and O–H groups in total. The third kappa shape index (κ3) is 2.45. The molecule has 2 aromatic rings. The van der Waals surface area contributed by atoms with Crippen molar-refractivity contribution in [1.29, 1.82) is 0 Å². The summed E-state index contributed by atoms with van der Waals surface area (Å²) in [6.45, 7) is 3.72. The minimum atomic E-state index is -0.130. The fraction of sp³-hybridized carbons (Fsp3) is 0.167. The Bertz CT molecular complexity index is 563. The third-order valence-electron chi connectivity index (χ3n) is 2.48. The number of aryl methyl sites for hydroxylation is 2. The first-order valence-corrected chi connectivity index (χ1v) is 6.03. The molecular weight excluding hydrogens is 234 g/mol. The van der Waals surface area contributed by atoms with Crippen molar-refractivity contribution < 1.29 is 4.79 Å². The minimum Gasteiger partial charge on any atom is -0.399 e. The van der Waals surface area contributed by atoms with E-state index in [0.29, 0.717) is 4.88 Å². The Kier molecular flexibility index (Phi) is 3.10. The maximum atomic E-state index is 11.9. The largest absolute Gasteiger partial charge is 0.399 e. The highest BCUT2D eigenvalue weighted by atomic mass is 32.1. The Morgan fingerprint density at radius 2 is 2.18 bits per heavy atom. The van der Waals surface area contributed by atoms with Crippen LogP contribution in [0, 0.1) is 13.8 Å². The van der Waals surface area contributed by atoms with Crippen LogP contribution in [0.25, 0.3) is 0 Å². The molecule has 0 radical (unpaired) electrons. The molecule has 5 heteroatoms. The van der Waals surface area contributed by atoms with Gasteiger partial charge in [-0.25, -0.2) is 4.98 Å². The maximum absolute atomic E-state index is 11.9. The lowest BCUT2D eigenvalue weighted by molar-refractivity contribution is 0.103. The zero-order chi connectivity index (χ0) is 12.4. The molecule has 0 aliphatic rings. The fourth-order valence-electron chi connectivity index (χ4n) is 1.46. The monoisotopic (exact) mass is 247 g/mol. The number of nitrogens with two attached hydrogens (primary N) is 1. The standard InChI is InChI=1S/C12H13N3OS/c1-7-5-9(3-4-10(7)13)15-12(16)11-8(2)14-6-17-11/h3-6H,13H2,1-2H3,(H,15,16). The first-order chi connectivity index (χ1) is 8.08. The molecule has 0 spiro atoms. The van der Waals surface area contributed by atoms with Crippen molar-refractivity contribution in [3.63, 3.8) is 0 Å². The van der Waals surface area contributed by atoms with E-state index in [1.807, 2.05) is 19.9 Å². The van der Waals surface area contributed by atoms with E-state index in [1.165, 1.54) is 11.3 Å². The summed E-state index contributed by atoms with van der Waals surface area (Å²) < 4.78 is 0. The van der Waals surface area contributed by atoms with E-state index in [2.05, 4.69) is 10.3 Å². The minimum absolute atomic E-state index is 0.130. The van der Waals surface area contributed by atoms with Crippen LogP contribution in [0.2, 0.25) is 0 Å². The van der Waals surface area contributed by atoms with Crippen molar-refractivity contribution in [1.82, 2.24) is 4.98 Å². The smallest absolute Gasteiger partial charge is 0.267 e. The van der Waals surface area contributed by atoms with E-state index in [-0.39, 0.29) is 5.91 Å². The number of hydrogen-bond acceptors (Lipinski definition) is 4. The van der Waals surface area contributed by atoms with Gasteiger partial charge in [0.15, 0.2) is 0 Å². The molecule has 1 aromatic carbocycles. The number of benzene rings is 1. The van der Waals surface area contributed by atoms with Crippen molar-refractivity contribution in [3.05, 3.63) is 39.8 Å². The number of nitrogens with zero attached hydrogens (tertiary/aromatic N) is 1. The summed E-state index contributed by atoms with van der Waals surface area (Å²) in [7, 11) is 0. The van der Waals surface area contributed by atoms with Crippen LogP contribution in [-0.2, 0) is 0 Å². The number of hydrogen-bond donors (Lipinski definition) is 2. The van der Waals surface area contributed by atoms with Crippen LogP contribution in [0.1, 0.15) is 20.9 Å². The number of aromatic nitrogens is 1. The van der Waals surface area contributed by atoms with Crippen LogP contribution in [0.3, 0.4) is 0 Å². The van der Waals surface area contributed by atoms with Crippen molar-refractivity contribution in [3.8, 4) is 0 Å². The summed E-state index contributed by atoms with van der Waals surface area (Å²) in [4.78, 5) is 16.6. The third-order valence-corrected chi connectivity index (χ3v) is 3.41. The van der Waals surface area contributed by atoms with Gasteiger partial charge in [0.2, 0.25) is 0 Å². The van der Waals surface area contributed by atoms with E-state index in [0.717, 1.165) is 22.6 Å². The predicted molar refractivity (Wildman–Crippen MR) is 70.4 cm³/mol. The second-order valence-corrected chi connectivity index (χ2v) is 4.65. The summed E-state index contributed by atoms with van der Waals surface area (Å²) in [6.07, 6.45) is 0. The molecule has 0 saturated carbocycles. The summed E-state index contributed by atoms with van der Waals surface area (Å²) in [6, 6.07) is 5.42. The molecule has 0 unspecified atom stereocenters. The molecule has 0 bridgehead atoms. The van der Waals surface area contributed by atoms with Crippen molar-refractivity contribution in [2.45, 2.75) is 13.8 Å². The average Bonchev–Trinajstić information content (AvgIpc) is 2.70. The molecule has 17 heavy (non-hydrogen) atoms. The van der Waals surface area contributed by atoms with Gasteiger partial charge in [0.05, 0.1) is 11.2 Å². The van der Waals surface area contributed by atoms with Crippen LogP contribution in [0.15, 0.2) is 23.7 Å². The van der Waals surface area contributed by atoms with Gasteiger partial charge in [-0.3, -0.25) is 4.79 Å². The zero-order valence-corrected chi connectivity index (χ0v) is 10.5. The Labute approximate surface area is 103 Å². The number of thiazole rings is 1. The first kappa shape index (κ1) is 11.6. The van der Waals surface area contributed by atoms with E-state index in [1.54, 1.807) is 17.6 Å². The molecule has 0 fully saturated rings. The van der Waals surface area contributed by atoms with Crippen LogP contribution in [0.5, 0.6) is 0 Å². The molecule has 1 heterocycles. The molecule has 0 aliphatic carbocycles. The highest BCUT2D eigenvalue weighted by molar-refractivity contribution is 7.12. The van der Waals surface area contributed by atoms with Gasteiger partial charge in [-0.15, -0.1) is 11.3 Å². The predicted octanol–water partition coefficient (Wildman–Crippen LogP) is 2.59. The Hall–Kier alpha value is -1.88. The molecule has 0 saturated heterocycles. The average molecular weight is 247 g/mol. The number of carbonyl (C=O) groups is 1. The second kappa shape index (κ2) is 4.55. The summed E-state index contributed by atoms with van der Waals surface area (Å²) in [5.41, 5.74) is 10.5. The van der Waals surface area contributed by atoms with Gasteiger partial charge in [-0.1, -0.05) is 0 Å². The van der Waals surface area contributed by atoms with Gasteiger partial charge in [0.1, 0.15) is 4.88 Å². The van der Waals surface area contributed by atoms with Crippen LogP contribution in [0.4, 0.5) is 11.4 Å². The van der Waals surface area contributed by atoms with Crippen LogP contribution in [-0.4, -0.2) is 10.9 Å². The highest BCUT2D eigenvalue weighted by Crippen LogP contribution is 2.19. The molecule has 1 aromatic heterocycles. The lowest BCUT2D eigenvalue weighted by Gasteiger charge is -2.06. The number of carbonyl (C=O) groups excluding carboxylic acids is 1. The molecule has 0 aliphatic heterocycles. The quantitative estimate of drug-likeness (QED) is 0.801.